The van der Waals surface area contributed by atoms with E-state index < -0.39 is 0 Å². The Hall–Kier alpha value is -0.0400. The largest absolute Gasteiger partial charge is 0.307 e. The fraction of sp³-hybridized carbons (Fsp3) is 1.00. The summed E-state index contributed by atoms with van der Waals surface area (Å²) in [6.45, 7) is 21.1. The standard InChI is InChI=1S/C8H19N.3C2H6/c1-5-9(4)7-6-8(2)3;3*1-2/h8H,5-7H2,1-4H3;3*1-2H3. The maximum atomic E-state index is 2.35. The molecular formula is C14H37N. The Kier molecular flexibility index (Phi) is 47.3. The van der Waals surface area contributed by atoms with E-state index in [1.807, 2.05) is 41.5 Å². The molecule has 0 bridgehead atoms. The highest BCUT2D eigenvalue weighted by atomic mass is 15.1. The van der Waals surface area contributed by atoms with Crippen molar-refractivity contribution in [1.82, 2.24) is 4.90 Å². The van der Waals surface area contributed by atoms with Crippen molar-refractivity contribution in [3.63, 3.8) is 0 Å². The molecule has 98 valence electrons. The summed E-state index contributed by atoms with van der Waals surface area (Å²) in [6.07, 6.45) is 1.32. The summed E-state index contributed by atoms with van der Waals surface area (Å²) in [5.74, 6) is 0.846. The van der Waals surface area contributed by atoms with Gasteiger partial charge in [-0.15, -0.1) is 0 Å². The fourth-order valence-corrected chi connectivity index (χ4v) is 0.637. The van der Waals surface area contributed by atoms with E-state index in [2.05, 4.69) is 32.7 Å². The predicted molar refractivity (Wildman–Crippen MR) is 76.7 cm³/mol. The van der Waals surface area contributed by atoms with E-state index in [0.29, 0.717) is 0 Å². The molecule has 0 spiro atoms. The molecule has 0 aromatic carbocycles. The van der Waals surface area contributed by atoms with Crippen molar-refractivity contribution >= 4 is 0 Å². The molecule has 0 unspecified atom stereocenters. The summed E-state index contributed by atoms with van der Waals surface area (Å²) in [5, 5.41) is 0. The summed E-state index contributed by atoms with van der Waals surface area (Å²) in [7, 11) is 2.17. The van der Waals surface area contributed by atoms with Crippen LogP contribution >= 0.6 is 0 Å². The maximum absolute atomic E-state index is 2.35. The molecule has 0 rings (SSSR count). The second-order valence-electron chi connectivity index (χ2n) is 3.08. The number of nitrogens with zero attached hydrogens (tertiary/aromatic N) is 1. The third kappa shape index (κ3) is 41.2. The molecule has 1 nitrogen and oxygen atoms in total. The molecule has 0 aliphatic rings. The first kappa shape index (κ1) is 24.3. The van der Waals surface area contributed by atoms with Crippen LogP contribution in [0.4, 0.5) is 0 Å². The number of rotatable bonds is 4. The second kappa shape index (κ2) is 29.2. The summed E-state index contributed by atoms with van der Waals surface area (Å²) >= 11 is 0. The van der Waals surface area contributed by atoms with Crippen molar-refractivity contribution in [3.05, 3.63) is 0 Å². The third-order valence-electron chi connectivity index (χ3n) is 1.63. The van der Waals surface area contributed by atoms with Gasteiger partial charge in [0.25, 0.3) is 0 Å². The van der Waals surface area contributed by atoms with Gasteiger partial charge in [0, 0.05) is 0 Å². The van der Waals surface area contributed by atoms with Gasteiger partial charge in [-0.1, -0.05) is 62.3 Å². The van der Waals surface area contributed by atoms with Crippen molar-refractivity contribution in [3.8, 4) is 0 Å². The molecule has 0 fully saturated rings. The molecule has 0 atom stereocenters. The Labute approximate surface area is 100 Å². The van der Waals surface area contributed by atoms with Crippen molar-refractivity contribution in [1.29, 1.82) is 0 Å². The lowest BCUT2D eigenvalue weighted by Gasteiger charge is -2.14. The summed E-state index contributed by atoms with van der Waals surface area (Å²) < 4.78 is 0. The van der Waals surface area contributed by atoms with Gasteiger partial charge < -0.3 is 4.90 Å². The average Bonchev–Trinajstić information content (AvgIpc) is 2.33. The summed E-state index contributed by atoms with van der Waals surface area (Å²) in [6, 6.07) is 0. The zero-order chi connectivity index (χ0) is 13.3. The van der Waals surface area contributed by atoms with Gasteiger partial charge in [0.1, 0.15) is 0 Å². The van der Waals surface area contributed by atoms with Crippen LogP contribution in [0.25, 0.3) is 0 Å². The van der Waals surface area contributed by atoms with Gasteiger partial charge in [0.2, 0.25) is 0 Å². The summed E-state index contributed by atoms with van der Waals surface area (Å²) in [4.78, 5) is 2.35. The SMILES string of the molecule is CC.CC.CC.CCN(C)CCC(C)C. The first-order valence-corrected chi connectivity index (χ1v) is 6.85. The molecular weight excluding hydrogens is 182 g/mol. The zero-order valence-corrected chi connectivity index (χ0v) is 13.1. The van der Waals surface area contributed by atoms with Gasteiger partial charge >= 0.3 is 0 Å². The first-order valence-electron chi connectivity index (χ1n) is 6.85. The van der Waals surface area contributed by atoms with E-state index in [9.17, 15) is 0 Å². The van der Waals surface area contributed by atoms with Crippen molar-refractivity contribution in [2.24, 2.45) is 5.92 Å². The lowest BCUT2D eigenvalue weighted by molar-refractivity contribution is 0.326. The highest BCUT2D eigenvalue weighted by Gasteiger charge is 1.96. The van der Waals surface area contributed by atoms with Crippen LogP contribution in [-0.2, 0) is 0 Å². The maximum Gasteiger partial charge on any atom is -0.00195 e. The van der Waals surface area contributed by atoms with E-state index in [1.54, 1.807) is 0 Å². The van der Waals surface area contributed by atoms with E-state index >= 15 is 0 Å². The summed E-state index contributed by atoms with van der Waals surface area (Å²) in [5.41, 5.74) is 0. The van der Waals surface area contributed by atoms with Gasteiger partial charge in [-0.05, 0) is 32.5 Å². The van der Waals surface area contributed by atoms with Crippen LogP contribution in [0.1, 0.15) is 68.7 Å². The Morgan fingerprint density at radius 1 is 0.867 bits per heavy atom. The van der Waals surface area contributed by atoms with Crippen LogP contribution in [0.5, 0.6) is 0 Å². The van der Waals surface area contributed by atoms with Gasteiger partial charge in [-0.25, -0.2) is 0 Å². The molecule has 0 aromatic heterocycles. The minimum absolute atomic E-state index is 0.846. The fourth-order valence-electron chi connectivity index (χ4n) is 0.637. The lowest BCUT2D eigenvalue weighted by atomic mass is 10.1. The quantitative estimate of drug-likeness (QED) is 0.638. The number of hydrogen-bond acceptors (Lipinski definition) is 1. The molecule has 0 saturated carbocycles. The Balaban J connectivity index is -0.0000000860. The second-order valence-corrected chi connectivity index (χ2v) is 3.08. The molecule has 0 heterocycles. The minimum atomic E-state index is 0.846. The average molecular weight is 219 g/mol. The van der Waals surface area contributed by atoms with Gasteiger partial charge in [-0.3, -0.25) is 0 Å². The number of hydrogen-bond donors (Lipinski definition) is 0. The Morgan fingerprint density at radius 2 is 1.20 bits per heavy atom. The molecule has 0 saturated heterocycles. The van der Waals surface area contributed by atoms with Crippen LogP contribution in [0.15, 0.2) is 0 Å². The molecule has 15 heavy (non-hydrogen) atoms. The topological polar surface area (TPSA) is 3.24 Å². The first-order chi connectivity index (χ1) is 7.16. The van der Waals surface area contributed by atoms with Crippen LogP contribution in [0.2, 0.25) is 0 Å². The highest BCUT2D eigenvalue weighted by molar-refractivity contribution is 4.50. The lowest BCUT2D eigenvalue weighted by Crippen LogP contribution is -2.19. The van der Waals surface area contributed by atoms with Crippen LogP contribution < -0.4 is 0 Å². The van der Waals surface area contributed by atoms with Gasteiger partial charge in [0.15, 0.2) is 0 Å². The van der Waals surface area contributed by atoms with Crippen LogP contribution in [-0.4, -0.2) is 25.0 Å². The smallest absolute Gasteiger partial charge is 0.00195 e. The predicted octanol–water partition coefficient (Wildman–Crippen LogP) is 5.06. The van der Waals surface area contributed by atoms with Crippen molar-refractivity contribution in [2.45, 2.75) is 68.7 Å². The molecule has 0 amide bonds. The van der Waals surface area contributed by atoms with Gasteiger partial charge in [0.05, 0.1) is 0 Å². The Morgan fingerprint density at radius 3 is 1.40 bits per heavy atom. The minimum Gasteiger partial charge on any atom is -0.307 e. The molecule has 0 aromatic rings. The van der Waals surface area contributed by atoms with Crippen LogP contribution in [0.3, 0.4) is 0 Å². The van der Waals surface area contributed by atoms with E-state index in [0.717, 1.165) is 5.92 Å². The molecule has 0 aliphatic carbocycles. The van der Waals surface area contributed by atoms with Crippen molar-refractivity contribution < 1.29 is 0 Å². The van der Waals surface area contributed by atoms with Crippen LogP contribution in [0, 0.1) is 5.92 Å². The zero-order valence-electron chi connectivity index (χ0n) is 13.1. The van der Waals surface area contributed by atoms with Crippen molar-refractivity contribution in [2.75, 3.05) is 20.1 Å². The van der Waals surface area contributed by atoms with E-state index in [4.69, 9.17) is 0 Å². The molecule has 0 aliphatic heterocycles. The molecule has 1 heteroatoms. The van der Waals surface area contributed by atoms with Gasteiger partial charge in [-0.2, -0.15) is 0 Å². The van der Waals surface area contributed by atoms with E-state index in [1.165, 1.54) is 19.5 Å². The highest BCUT2D eigenvalue weighted by Crippen LogP contribution is 1.99. The monoisotopic (exact) mass is 219 g/mol. The Bertz CT molecular complexity index is 60.4. The molecule has 0 radical (unpaired) electrons. The molecule has 0 N–H and O–H groups in total. The van der Waals surface area contributed by atoms with E-state index in [-0.39, 0.29) is 0 Å². The third-order valence-corrected chi connectivity index (χ3v) is 1.63. The normalized spacial score (nSPS) is 8.00.